The van der Waals surface area contributed by atoms with Crippen molar-refractivity contribution < 1.29 is 14.3 Å². The maximum atomic E-state index is 12.4. The van der Waals surface area contributed by atoms with Gasteiger partial charge in [0.15, 0.2) is 0 Å². The molecule has 0 radical (unpaired) electrons. The van der Waals surface area contributed by atoms with Gasteiger partial charge in [-0.2, -0.15) is 0 Å². The topological polar surface area (TPSA) is 93.2 Å². The van der Waals surface area contributed by atoms with Crippen LogP contribution in [-0.2, 0) is 13.0 Å². The number of nitrogens with zero attached hydrogens (tertiary/aromatic N) is 2. The van der Waals surface area contributed by atoms with Crippen LogP contribution in [0.3, 0.4) is 0 Å². The second-order valence-electron chi connectivity index (χ2n) is 6.32. The standard InChI is InChI=1S/C22H22N4O3/c1-29-19-4-2-16(3-5-19)8-12-25-21(27)18-9-13-24-20(14-18)22(28)26-15-17-6-10-23-11-7-17/h2-7,9-11,13-14H,8,12,15H2,1H3,(H,25,27)(H,26,28). The van der Waals surface area contributed by atoms with E-state index in [1.54, 1.807) is 25.6 Å². The van der Waals surface area contributed by atoms with Crippen LogP contribution in [0.5, 0.6) is 5.75 Å². The summed E-state index contributed by atoms with van der Waals surface area (Å²) in [6, 6.07) is 14.4. The lowest BCUT2D eigenvalue weighted by Gasteiger charge is -2.08. The molecule has 2 aromatic heterocycles. The number of nitrogens with one attached hydrogen (secondary N) is 2. The molecule has 148 valence electrons. The lowest BCUT2D eigenvalue weighted by Crippen LogP contribution is -2.27. The molecular weight excluding hydrogens is 368 g/mol. The summed E-state index contributed by atoms with van der Waals surface area (Å²) < 4.78 is 5.13. The van der Waals surface area contributed by atoms with Gasteiger partial charge in [-0.3, -0.25) is 19.6 Å². The normalized spacial score (nSPS) is 10.2. The highest BCUT2D eigenvalue weighted by Gasteiger charge is 2.11. The molecule has 2 heterocycles. The van der Waals surface area contributed by atoms with Gasteiger partial charge >= 0.3 is 0 Å². The summed E-state index contributed by atoms with van der Waals surface area (Å²) in [5.41, 5.74) is 2.61. The molecule has 1 aromatic carbocycles. The highest BCUT2D eigenvalue weighted by Crippen LogP contribution is 2.11. The highest BCUT2D eigenvalue weighted by molar-refractivity contribution is 5.98. The van der Waals surface area contributed by atoms with Crippen LogP contribution in [0.2, 0.25) is 0 Å². The van der Waals surface area contributed by atoms with Gasteiger partial charge in [0.05, 0.1) is 7.11 Å². The number of rotatable bonds is 8. The molecule has 29 heavy (non-hydrogen) atoms. The zero-order chi connectivity index (χ0) is 20.5. The number of pyridine rings is 2. The van der Waals surface area contributed by atoms with E-state index >= 15 is 0 Å². The second-order valence-corrected chi connectivity index (χ2v) is 6.32. The lowest BCUT2D eigenvalue weighted by atomic mass is 10.1. The van der Waals surface area contributed by atoms with E-state index < -0.39 is 0 Å². The lowest BCUT2D eigenvalue weighted by molar-refractivity contribution is 0.0946. The molecule has 0 unspecified atom stereocenters. The van der Waals surface area contributed by atoms with Crippen molar-refractivity contribution in [1.29, 1.82) is 0 Å². The van der Waals surface area contributed by atoms with Gasteiger partial charge in [0, 0.05) is 37.2 Å². The number of hydrogen-bond donors (Lipinski definition) is 2. The van der Waals surface area contributed by atoms with E-state index in [1.807, 2.05) is 36.4 Å². The van der Waals surface area contributed by atoms with Gasteiger partial charge in [0.2, 0.25) is 0 Å². The van der Waals surface area contributed by atoms with Gasteiger partial charge in [-0.15, -0.1) is 0 Å². The predicted molar refractivity (Wildman–Crippen MR) is 109 cm³/mol. The fraction of sp³-hybridized carbons (Fsp3) is 0.182. The molecule has 2 N–H and O–H groups in total. The summed E-state index contributed by atoms with van der Waals surface area (Å²) >= 11 is 0. The van der Waals surface area contributed by atoms with Crippen LogP contribution in [0, 0.1) is 0 Å². The fourth-order valence-corrected chi connectivity index (χ4v) is 2.68. The number of carbonyl (C=O) groups is 2. The van der Waals surface area contributed by atoms with Crippen LogP contribution in [0.25, 0.3) is 0 Å². The Morgan fingerprint density at radius 1 is 0.897 bits per heavy atom. The van der Waals surface area contributed by atoms with E-state index in [2.05, 4.69) is 20.6 Å². The Morgan fingerprint density at radius 3 is 2.38 bits per heavy atom. The minimum Gasteiger partial charge on any atom is -0.497 e. The van der Waals surface area contributed by atoms with E-state index in [0.717, 1.165) is 16.9 Å². The summed E-state index contributed by atoms with van der Waals surface area (Å²) in [5.74, 6) is 0.211. The Bertz CT molecular complexity index is 959. The molecule has 2 amide bonds. The van der Waals surface area contributed by atoms with Crippen LogP contribution in [0.15, 0.2) is 67.1 Å². The number of amides is 2. The minimum atomic E-state index is -0.338. The first-order chi connectivity index (χ1) is 14.2. The van der Waals surface area contributed by atoms with Gasteiger partial charge in [0.25, 0.3) is 11.8 Å². The number of methoxy groups -OCH3 is 1. The SMILES string of the molecule is COc1ccc(CCNC(=O)c2ccnc(C(=O)NCc3ccncc3)c2)cc1. The summed E-state index contributed by atoms with van der Waals surface area (Å²) in [6.07, 6.45) is 5.48. The van der Waals surface area contributed by atoms with Crippen LogP contribution >= 0.6 is 0 Å². The molecule has 0 atom stereocenters. The maximum Gasteiger partial charge on any atom is 0.270 e. The molecule has 0 aliphatic heterocycles. The van der Waals surface area contributed by atoms with Gasteiger partial charge in [-0.25, -0.2) is 0 Å². The first-order valence-corrected chi connectivity index (χ1v) is 9.20. The summed E-state index contributed by atoms with van der Waals surface area (Å²) in [5, 5.41) is 5.65. The summed E-state index contributed by atoms with van der Waals surface area (Å²) in [4.78, 5) is 32.7. The van der Waals surface area contributed by atoms with Crippen molar-refractivity contribution in [2.45, 2.75) is 13.0 Å². The zero-order valence-corrected chi connectivity index (χ0v) is 16.1. The Morgan fingerprint density at radius 2 is 1.66 bits per heavy atom. The maximum absolute atomic E-state index is 12.4. The monoisotopic (exact) mass is 390 g/mol. The smallest absolute Gasteiger partial charge is 0.270 e. The summed E-state index contributed by atoms with van der Waals surface area (Å²) in [6.45, 7) is 0.846. The third kappa shape index (κ3) is 5.87. The quantitative estimate of drug-likeness (QED) is 0.616. The van der Waals surface area contributed by atoms with E-state index in [-0.39, 0.29) is 17.5 Å². The molecular formula is C22H22N4O3. The molecule has 0 bridgehead atoms. The van der Waals surface area contributed by atoms with Gasteiger partial charge in [-0.1, -0.05) is 12.1 Å². The first kappa shape index (κ1) is 20.0. The van der Waals surface area contributed by atoms with Crippen molar-refractivity contribution >= 4 is 11.8 Å². The molecule has 3 rings (SSSR count). The minimum absolute atomic E-state index is 0.196. The average molecular weight is 390 g/mol. The average Bonchev–Trinajstić information content (AvgIpc) is 2.78. The van der Waals surface area contributed by atoms with Crippen LogP contribution in [0.4, 0.5) is 0 Å². The molecule has 3 aromatic rings. The van der Waals surface area contributed by atoms with E-state index in [4.69, 9.17) is 4.74 Å². The van der Waals surface area contributed by atoms with Crippen molar-refractivity contribution in [1.82, 2.24) is 20.6 Å². The molecule has 0 aliphatic rings. The van der Waals surface area contributed by atoms with Crippen molar-refractivity contribution in [3.05, 3.63) is 89.5 Å². The van der Waals surface area contributed by atoms with Gasteiger partial charge < -0.3 is 15.4 Å². The number of hydrogen-bond acceptors (Lipinski definition) is 5. The molecule has 7 nitrogen and oxygen atoms in total. The highest BCUT2D eigenvalue weighted by atomic mass is 16.5. The number of benzene rings is 1. The van der Waals surface area contributed by atoms with Crippen molar-refractivity contribution in [2.24, 2.45) is 0 Å². The Labute approximate surface area is 169 Å². The van der Waals surface area contributed by atoms with Crippen molar-refractivity contribution in [3.63, 3.8) is 0 Å². The predicted octanol–water partition coefficient (Wildman–Crippen LogP) is 2.39. The molecule has 0 saturated carbocycles. The second kappa shape index (κ2) is 9.98. The number of ether oxygens (including phenoxy) is 1. The van der Waals surface area contributed by atoms with Gasteiger partial charge in [-0.05, 0) is 53.9 Å². The zero-order valence-electron chi connectivity index (χ0n) is 16.1. The summed E-state index contributed by atoms with van der Waals surface area (Å²) in [7, 11) is 1.62. The molecule has 0 fully saturated rings. The van der Waals surface area contributed by atoms with Crippen LogP contribution in [-0.4, -0.2) is 35.4 Å². The van der Waals surface area contributed by atoms with E-state index in [9.17, 15) is 9.59 Å². The molecule has 0 aliphatic carbocycles. The van der Waals surface area contributed by atoms with Crippen molar-refractivity contribution in [3.8, 4) is 5.75 Å². The molecule has 0 spiro atoms. The number of carbonyl (C=O) groups excluding carboxylic acids is 2. The van der Waals surface area contributed by atoms with Crippen LogP contribution in [0.1, 0.15) is 32.0 Å². The van der Waals surface area contributed by atoms with Crippen LogP contribution < -0.4 is 15.4 Å². The van der Waals surface area contributed by atoms with E-state index in [1.165, 1.54) is 12.3 Å². The third-order valence-corrected chi connectivity index (χ3v) is 4.32. The van der Waals surface area contributed by atoms with Crippen molar-refractivity contribution in [2.75, 3.05) is 13.7 Å². The third-order valence-electron chi connectivity index (χ3n) is 4.32. The fourth-order valence-electron chi connectivity index (χ4n) is 2.68. The molecule has 0 saturated heterocycles. The molecule has 7 heteroatoms. The Hall–Kier alpha value is -3.74. The Kier molecular flexibility index (Phi) is 6.89. The largest absolute Gasteiger partial charge is 0.497 e. The van der Waals surface area contributed by atoms with E-state index in [0.29, 0.717) is 25.1 Å². The van der Waals surface area contributed by atoms with Gasteiger partial charge in [0.1, 0.15) is 11.4 Å². The number of aromatic nitrogens is 2. The Balaban J connectivity index is 1.52. The first-order valence-electron chi connectivity index (χ1n) is 9.20.